The lowest BCUT2D eigenvalue weighted by Crippen LogP contribution is -2.21. The molecule has 0 unspecified atom stereocenters. The number of rotatable bonds is 7. The van der Waals surface area contributed by atoms with E-state index in [1.807, 2.05) is 31.2 Å². The number of esters is 1. The molecular formula is C19H19NO4S. The summed E-state index contributed by atoms with van der Waals surface area (Å²) in [7, 11) is 0. The Morgan fingerprint density at radius 3 is 2.36 bits per heavy atom. The average Bonchev–Trinajstić information content (AvgIpc) is 2.59. The first kappa shape index (κ1) is 18.7. The lowest BCUT2D eigenvalue weighted by Gasteiger charge is -2.08. The molecule has 0 spiro atoms. The molecule has 25 heavy (non-hydrogen) atoms. The number of amides is 1. The predicted molar refractivity (Wildman–Crippen MR) is 97.9 cm³/mol. The van der Waals surface area contributed by atoms with Gasteiger partial charge in [0.1, 0.15) is 0 Å². The second-order valence-electron chi connectivity index (χ2n) is 5.40. The second-order valence-corrected chi connectivity index (χ2v) is 6.41. The van der Waals surface area contributed by atoms with Crippen molar-refractivity contribution >= 4 is 35.1 Å². The van der Waals surface area contributed by atoms with E-state index in [-0.39, 0.29) is 18.1 Å². The molecule has 2 aromatic carbocycles. The Morgan fingerprint density at radius 1 is 1.04 bits per heavy atom. The van der Waals surface area contributed by atoms with E-state index >= 15 is 0 Å². The highest BCUT2D eigenvalue weighted by atomic mass is 32.2. The molecule has 1 N–H and O–H groups in total. The summed E-state index contributed by atoms with van der Waals surface area (Å²) in [6.07, 6.45) is 0. The van der Waals surface area contributed by atoms with Gasteiger partial charge in [-0.05, 0) is 49.7 Å². The number of thioether (sulfide) groups is 1. The zero-order valence-corrected chi connectivity index (χ0v) is 14.9. The molecule has 1 amide bonds. The highest BCUT2D eigenvalue weighted by molar-refractivity contribution is 8.00. The summed E-state index contributed by atoms with van der Waals surface area (Å²) in [4.78, 5) is 35.7. The third-order valence-electron chi connectivity index (χ3n) is 3.38. The van der Waals surface area contributed by atoms with Crippen LogP contribution in [0.25, 0.3) is 0 Å². The van der Waals surface area contributed by atoms with E-state index in [0.29, 0.717) is 11.3 Å². The highest BCUT2D eigenvalue weighted by Gasteiger charge is 2.09. The third-order valence-corrected chi connectivity index (χ3v) is 4.53. The molecule has 6 heteroatoms. The molecule has 0 saturated carbocycles. The summed E-state index contributed by atoms with van der Waals surface area (Å²) < 4.78 is 4.97. The quantitative estimate of drug-likeness (QED) is 0.467. The van der Waals surface area contributed by atoms with Crippen LogP contribution in [0.5, 0.6) is 0 Å². The number of ether oxygens (including phenoxy) is 1. The lowest BCUT2D eigenvalue weighted by molar-refractivity contribution is -0.144. The Hall–Kier alpha value is -2.60. The van der Waals surface area contributed by atoms with E-state index in [9.17, 15) is 14.4 Å². The van der Waals surface area contributed by atoms with Gasteiger partial charge in [0.15, 0.2) is 12.4 Å². The van der Waals surface area contributed by atoms with E-state index in [4.69, 9.17) is 4.74 Å². The van der Waals surface area contributed by atoms with Crippen molar-refractivity contribution in [2.75, 3.05) is 17.7 Å². The van der Waals surface area contributed by atoms with Crippen LogP contribution in [0.2, 0.25) is 0 Å². The molecule has 0 heterocycles. The smallest absolute Gasteiger partial charge is 0.316 e. The summed E-state index contributed by atoms with van der Waals surface area (Å²) in [5, 5.41) is 2.61. The maximum absolute atomic E-state index is 11.8. The van der Waals surface area contributed by atoms with Gasteiger partial charge in [-0.2, -0.15) is 0 Å². The lowest BCUT2D eigenvalue weighted by atomic mass is 10.1. The largest absolute Gasteiger partial charge is 0.455 e. The molecule has 0 atom stereocenters. The van der Waals surface area contributed by atoms with Crippen molar-refractivity contribution in [2.45, 2.75) is 18.7 Å². The van der Waals surface area contributed by atoms with Crippen LogP contribution < -0.4 is 5.32 Å². The summed E-state index contributed by atoms with van der Waals surface area (Å²) in [5.74, 6) is -0.774. The second kappa shape index (κ2) is 9.03. The molecule has 0 bridgehead atoms. The minimum atomic E-state index is -0.449. The molecule has 0 aliphatic rings. The van der Waals surface area contributed by atoms with Crippen molar-refractivity contribution in [3.8, 4) is 0 Å². The molecular weight excluding hydrogens is 338 g/mol. The first-order valence-corrected chi connectivity index (χ1v) is 8.69. The zero-order chi connectivity index (χ0) is 18.2. The Labute approximate surface area is 150 Å². The molecule has 2 rings (SSSR count). The van der Waals surface area contributed by atoms with Gasteiger partial charge in [0.2, 0.25) is 0 Å². The van der Waals surface area contributed by atoms with Crippen LogP contribution in [0.15, 0.2) is 53.4 Å². The number of hydrogen-bond donors (Lipinski definition) is 1. The number of anilines is 1. The van der Waals surface area contributed by atoms with Crippen molar-refractivity contribution in [1.82, 2.24) is 0 Å². The molecule has 0 aliphatic carbocycles. The number of nitrogens with one attached hydrogen (secondary N) is 1. The fraction of sp³-hybridized carbons (Fsp3) is 0.211. The molecule has 5 nitrogen and oxygen atoms in total. The number of aryl methyl sites for hydroxylation is 1. The number of carbonyl (C=O) groups excluding carboxylic acids is 3. The summed E-state index contributed by atoms with van der Waals surface area (Å²) in [6, 6.07) is 14.3. The topological polar surface area (TPSA) is 72.5 Å². The minimum Gasteiger partial charge on any atom is -0.455 e. The number of hydrogen-bond acceptors (Lipinski definition) is 5. The van der Waals surface area contributed by atoms with E-state index in [0.717, 1.165) is 10.5 Å². The van der Waals surface area contributed by atoms with Crippen LogP contribution in [-0.2, 0) is 14.3 Å². The van der Waals surface area contributed by atoms with Gasteiger partial charge in [0, 0.05) is 16.1 Å². The number of carbonyl (C=O) groups is 3. The van der Waals surface area contributed by atoms with Gasteiger partial charge in [0.05, 0.1) is 5.75 Å². The molecule has 2 aromatic rings. The van der Waals surface area contributed by atoms with Crippen LogP contribution in [-0.4, -0.2) is 30.0 Å². The van der Waals surface area contributed by atoms with Crippen molar-refractivity contribution in [3.63, 3.8) is 0 Å². The Kier molecular flexibility index (Phi) is 6.77. The van der Waals surface area contributed by atoms with Gasteiger partial charge in [-0.25, -0.2) is 0 Å². The number of Topliss-reactive ketones (excluding diaryl/α,β-unsaturated/α-hetero) is 1. The van der Waals surface area contributed by atoms with Gasteiger partial charge >= 0.3 is 5.97 Å². The molecule has 0 aromatic heterocycles. The molecule has 0 saturated heterocycles. The molecule has 0 radical (unpaired) electrons. The van der Waals surface area contributed by atoms with Gasteiger partial charge in [-0.3, -0.25) is 14.4 Å². The highest BCUT2D eigenvalue weighted by Crippen LogP contribution is 2.21. The Bertz CT molecular complexity index is 771. The number of ketones is 1. The van der Waals surface area contributed by atoms with Gasteiger partial charge in [0.25, 0.3) is 5.91 Å². The number of benzene rings is 2. The van der Waals surface area contributed by atoms with Crippen molar-refractivity contribution in [1.29, 1.82) is 0 Å². The van der Waals surface area contributed by atoms with Crippen LogP contribution in [0.4, 0.5) is 5.69 Å². The summed E-state index contributed by atoms with van der Waals surface area (Å²) in [5.41, 5.74) is 2.20. The fourth-order valence-electron chi connectivity index (χ4n) is 2.03. The zero-order valence-electron chi connectivity index (χ0n) is 14.1. The minimum absolute atomic E-state index is 0.0436. The van der Waals surface area contributed by atoms with E-state index < -0.39 is 11.9 Å². The Morgan fingerprint density at radius 2 is 1.72 bits per heavy atom. The van der Waals surface area contributed by atoms with E-state index in [1.165, 1.54) is 18.7 Å². The standard InChI is InChI=1S/C19H19NO4S/c1-13-5-3-4-6-17(13)25-12-19(23)24-11-18(22)20-16-9-7-15(8-10-16)14(2)21/h3-10H,11-12H2,1-2H3,(H,20,22). The first-order valence-electron chi connectivity index (χ1n) is 7.70. The van der Waals surface area contributed by atoms with Crippen molar-refractivity contribution in [2.24, 2.45) is 0 Å². The van der Waals surface area contributed by atoms with Gasteiger partial charge in [-0.1, -0.05) is 18.2 Å². The SMILES string of the molecule is CC(=O)c1ccc(NC(=O)COC(=O)CSc2ccccc2C)cc1. The predicted octanol–water partition coefficient (Wildman–Crippen LogP) is 3.47. The molecule has 0 fully saturated rings. The monoisotopic (exact) mass is 357 g/mol. The van der Waals surface area contributed by atoms with Crippen LogP contribution in [0.3, 0.4) is 0 Å². The van der Waals surface area contributed by atoms with Crippen molar-refractivity contribution < 1.29 is 19.1 Å². The van der Waals surface area contributed by atoms with E-state index in [2.05, 4.69) is 5.32 Å². The maximum Gasteiger partial charge on any atom is 0.316 e. The normalized spacial score (nSPS) is 10.2. The Balaban J connectivity index is 1.74. The van der Waals surface area contributed by atoms with Crippen LogP contribution >= 0.6 is 11.8 Å². The third kappa shape index (κ3) is 6.08. The summed E-state index contributed by atoms with van der Waals surface area (Å²) >= 11 is 1.38. The average molecular weight is 357 g/mol. The fourth-order valence-corrected chi connectivity index (χ4v) is 2.86. The van der Waals surface area contributed by atoms with Crippen molar-refractivity contribution in [3.05, 3.63) is 59.7 Å². The molecule has 0 aliphatic heterocycles. The molecule has 130 valence electrons. The van der Waals surface area contributed by atoms with Gasteiger partial charge < -0.3 is 10.1 Å². The first-order chi connectivity index (χ1) is 12.0. The van der Waals surface area contributed by atoms with E-state index in [1.54, 1.807) is 24.3 Å². The van der Waals surface area contributed by atoms with Gasteiger partial charge in [-0.15, -0.1) is 11.8 Å². The summed E-state index contributed by atoms with van der Waals surface area (Å²) in [6.45, 7) is 3.10. The van der Waals surface area contributed by atoms with Crippen LogP contribution in [0.1, 0.15) is 22.8 Å². The van der Waals surface area contributed by atoms with Crippen LogP contribution in [0, 0.1) is 6.92 Å². The maximum atomic E-state index is 11.8.